The SMILES string of the molecule is CCCCCC/C=C\CCCCCCCCCC(=O)O[C@H](COC(=O)CCC/C=C\C/C=C\C/C=C\C/C=C\CC[C@@H](O)CC)COP(=O)([O-])OCC[N+](C)(C)C. The van der Waals surface area contributed by atoms with E-state index in [1.807, 2.05) is 34.1 Å². The molecule has 330 valence electrons. The van der Waals surface area contributed by atoms with Crippen LogP contribution in [0, 0.1) is 0 Å². The molecule has 0 saturated heterocycles. The van der Waals surface area contributed by atoms with Crippen molar-refractivity contribution < 1.29 is 47.2 Å². The number of carbonyl (C=O) groups excluding carboxylic acids is 2. The number of hydrogen-bond acceptors (Lipinski definition) is 9. The summed E-state index contributed by atoms with van der Waals surface area (Å²) in [5.41, 5.74) is 0. The minimum atomic E-state index is -4.65. The van der Waals surface area contributed by atoms with Crippen molar-refractivity contribution in [3.63, 3.8) is 0 Å². The molecule has 0 aliphatic rings. The predicted octanol–water partition coefficient (Wildman–Crippen LogP) is 10.8. The second kappa shape index (κ2) is 37.9. The number of esters is 2. The van der Waals surface area contributed by atoms with Crippen LogP contribution >= 0.6 is 7.82 Å². The summed E-state index contributed by atoms with van der Waals surface area (Å²) in [7, 11) is 1.11. The maximum atomic E-state index is 12.7. The Labute approximate surface area is 348 Å². The number of aliphatic hydroxyl groups excluding tert-OH is 1. The Bertz CT molecular complexity index is 1170. The van der Waals surface area contributed by atoms with Crippen molar-refractivity contribution in [1.29, 1.82) is 0 Å². The van der Waals surface area contributed by atoms with Crippen molar-refractivity contribution in [2.24, 2.45) is 0 Å². The van der Waals surface area contributed by atoms with Crippen molar-refractivity contribution in [3.8, 4) is 0 Å². The van der Waals surface area contributed by atoms with E-state index in [0.29, 0.717) is 30.3 Å². The lowest BCUT2D eigenvalue weighted by Gasteiger charge is -2.28. The van der Waals surface area contributed by atoms with Gasteiger partial charge in [0.15, 0.2) is 6.10 Å². The highest BCUT2D eigenvalue weighted by Crippen LogP contribution is 2.38. The van der Waals surface area contributed by atoms with Gasteiger partial charge in [-0.25, -0.2) is 0 Å². The molecular weight excluding hydrogens is 741 g/mol. The van der Waals surface area contributed by atoms with E-state index in [1.165, 1.54) is 51.4 Å². The van der Waals surface area contributed by atoms with Crippen LogP contribution in [-0.4, -0.2) is 81.2 Å². The lowest BCUT2D eigenvalue weighted by atomic mass is 10.1. The van der Waals surface area contributed by atoms with Crippen molar-refractivity contribution in [2.75, 3.05) is 47.5 Å². The fourth-order valence-corrected chi connectivity index (χ4v) is 6.23. The minimum Gasteiger partial charge on any atom is -0.756 e. The van der Waals surface area contributed by atoms with Gasteiger partial charge in [-0.1, -0.05) is 126 Å². The van der Waals surface area contributed by atoms with Gasteiger partial charge in [-0.05, 0) is 83.5 Å². The zero-order valence-electron chi connectivity index (χ0n) is 36.6. The molecule has 0 rings (SSSR count). The topological polar surface area (TPSA) is 131 Å². The Morgan fingerprint density at radius 2 is 1.12 bits per heavy atom. The Balaban J connectivity index is 4.47. The third kappa shape index (κ3) is 41.6. The van der Waals surface area contributed by atoms with E-state index in [2.05, 4.69) is 61.6 Å². The van der Waals surface area contributed by atoms with Gasteiger partial charge in [0.25, 0.3) is 7.82 Å². The number of rotatable bonds is 39. The summed E-state index contributed by atoms with van der Waals surface area (Å²) >= 11 is 0. The maximum Gasteiger partial charge on any atom is 0.306 e. The zero-order valence-corrected chi connectivity index (χ0v) is 37.5. The number of quaternary nitrogens is 1. The molecule has 0 spiro atoms. The number of ether oxygens (including phenoxy) is 2. The first-order chi connectivity index (χ1) is 27.4. The highest BCUT2D eigenvalue weighted by Gasteiger charge is 2.21. The molecule has 0 aliphatic carbocycles. The van der Waals surface area contributed by atoms with Crippen LogP contribution in [0.5, 0.6) is 0 Å². The first kappa shape index (κ1) is 54.7. The summed E-state index contributed by atoms with van der Waals surface area (Å²) in [6.45, 7) is 3.84. The van der Waals surface area contributed by atoms with Crippen molar-refractivity contribution >= 4 is 19.8 Å². The molecule has 0 aromatic heterocycles. The smallest absolute Gasteiger partial charge is 0.306 e. The molecule has 0 saturated carbocycles. The fourth-order valence-electron chi connectivity index (χ4n) is 5.50. The predicted molar refractivity (Wildman–Crippen MR) is 232 cm³/mol. The average molecular weight is 824 g/mol. The zero-order chi connectivity index (χ0) is 42.3. The summed E-state index contributed by atoms with van der Waals surface area (Å²) in [4.78, 5) is 37.5. The standard InChI is InChI=1S/C46H82NO9P/c1-6-8-9-10-11-12-13-14-15-20-23-26-29-32-35-38-46(50)56-44(42-55-57(51,52)54-40-39-47(3,4)5)41-53-45(49)37-34-31-28-25-22-19-17-16-18-21-24-27-30-33-36-43(48)7-2/h12-13,17-19,21,25,27-28,30,43-44,48H,6-11,14-16,20,22-24,26,29,31-42H2,1-5H3/b13-12-,19-17-,21-18-,28-25-,30-27-/t43-,44+/m0/s1. The van der Waals surface area contributed by atoms with Gasteiger partial charge in [0.1, 0.15) is 19.8 Å². The third-order valence-electron chi connectivity index (χ3n) is 9.17. The number of hydrogen-bond donors (Lipinski definition) is 1. The summed E-state index contributed by atoms with van der Waals surface area (Å²) < 4.78 is 33.8. The Morgan fingerprint density at radius 3 is 1.70 bits per heavy atom. The molecule has 0 aromatic rings. The van der Waals surface area contributed by atoms with Gasteiger partial charge in [0.2, 0.25) is 0 Å². The van der Waals surface area contributed by atoms with Crippen LogP contribution in [0.2, 0.25) is 0 Å². The van der Waals surface area contributed by atoms with Gasteiger partial charge in [-0.3, -0.25) is 14.2 Å². The van der Waals surface area contributed by atoms with Crippen LogP contribution in [0.4, 0.5) is 0 Å². The summed E-state index contributed by atoms with van der Waals surface area (Å²) in [5, 5.41) is 9.56. The van der Waals surface area contributed by atoms with Gasteiger partial charge in [0, 0.05) is 12.8 Å². The lowest BCUT2D eigenvalue weighted by Crippen LogP contribution is -2.37. The number of unbranched alkanes of at least 4 members (excludes halogenated alkanes) is 12. The van der Waals surface area contributed by atoms with Crippen LogP contribution in [0.25, 0.3) is 0 Å². The van der Waals surface area contributed by atoms with Gasteiger partial charge >= 0.3 is 11.9 Å². The van der Waals surface area contributed by atoms with E-state index >= 15 is 0 Å². The van der Waals surface area contributed by atoms with Gasteiger partial charge in [-0.15, -0.1) is 0 Å². The first-order valence-corrected chi connectivity index (χ1v) is 23.5. The first-order valence-electron chi connectivity index (χ1n) is 22.1. The highest BCUT2D eigenvalue weighted by molar-refractivity contribution is 7.45. The Hall–Kier alpha value is -2.33. The van der Waals surface area contributed by atoms with Crippen LogP contribution < -0.4 is 4.89 Å². The number of carbonyl (C=O) groups is 2. The average Bonchev–Trinajstić information content (AvgIpc) is 3.16. The normalized spacial score (nSPS) is 14.7. The molecule has 0 aromatic carbocycles. The monoisotopic (exact) mass is 824 g/mol. The van der Waals surface area contributed by atoms with E-state index in [9.17, 15) is 24.2 Å². The summed E-state index contributed by atoms with van der Waals surface area (Å²) in [6, 6.07) is 0. The van der Waals surface area contributed by atoms with Crippen LogP contribution in [0.1, 0.15) is 162 Å². The fraction of sp³-hybridized carbons (Fsp3) is 0.739. The van der Waals surface area contributed by atoms with E-state index in [-0.39, 0.29) is 32.2 Å². The summed E-state index contributed by atoms with van der Waals surface area (Å²) in [6.07, 6.45) is 41.9. The molecule has 1 unspecified atom stereocenters. The highest BCUT2D eigenvalue weighted by atomic mass is 31.2. The van der Waals surface area contributed by atoms with Crippen molar-refractivity contribution in [1.82, 2.24) is 0 Å². The molecule has 0 aliphatic heterocycles. The van der Waals surface area contributed by atoms with Crippen molar-refractivity contribution in [3.05, 3.63) is 60.8 Å². The van der Waals surface area contributed by atoms with E-state index in [1.54, 1.807) is 0 Å². The molecule has 1 N–H and O–H groups in total. The number of phosphoric acid groups is 1. The number of phosphoric ester groups is 1. The van der Waals surface area contributed by atoms with Gasteiger partial charge in [-0.2, -0.15) is 0 Å². The van der Waals surface area contributed by atoms with E-state index in [4.69, 9.17) is 18.5 Å². The second-order valence-electron chi connectivity index (χ2n) is 15.8. The van der Waals surface area contributed by atoms with Crippen LogP contribution in [0.15, 0.2) is 60.8 Å². The molecule has 57 heavy (non-hydrogen) atoms. The molecule has 3 atom stereocenters. The maximum absolute atomic E-state index is 12.7. The lowest BCUT2D eigenvalue weighted by molar-refractivity contribution is -0.870. The molecule has 0 heterocycles. The van der Waals surface area contributed by atoms with E-state index < -0.39 is 32.5 Å². The molecule has 0 bridgehead atoms. The van der Waals surface area contributed by atoms with Gasteiger partial charge in [0.05, 0.1) is 33.9 Å². The molecule has 11 heteroatoms. The quantitative estimate of drug-likeness (QED) is 0.0212. The third-order valence-corrected chi connectivity index (χ3v) is 10.1. The Kier molecular flexibility index (Phi) is 36.4. The second-order valence-corrected chi connectivity index (χ2v) is 17.3. The Morgan fingerprint density at radius 1 is 0.632 bits per heavy atom. The molecular formula is C46H82NO9P. The number of nitrogens with zero attached hydrogens (tertiary/aromatic N) is 1. The van der Waals surface area contributed by atoms with Gasteiger partial charge < -0.3 is 33.0 Å². The van der Waals surface area contributed by atoms with Crippen LogP contribution in [-0.2, 0) is 32.7 Å². The molecule has 0 radical (unpaired) electrons. The van der Waals surface area contributed by atoms with Crippen molar-refractivity contribution in [2.45, 2.75) is 174 Å². The minimum absolute atomic E-state index is 0.0482. The number of aliphatic hydroxyl groups is 1. The van der Waals surface area contributed by atoms with Crippen LogP contribution in [0.3, 0.4) is 0 Å². The number of allylic oxidation sites excluding steroid dienone is 10. The molecule has 0 fully saturated rings. The summed E-state index contributed by atoms with van der Waals surface area (Å²) in [5.74, 6) is -0.928. The number of likely N-dealkylation sites (N-methyl/N-ethyl adjacent to an activating group) is 1. The largest absolute Gasteiger partial charge is 0.756 e. The molecule has 10 nitrogen and oxygen atoms in total. The van der Waals surface area contributed by atoms with E-state index in [0.717, 1.165) is 64.2 Å². The molecule has 0 amide bonds.